The van der Waals surface area contributed by atoms with Gasteiger partial charge in [0.05, 0.1) is 25.6 Å². The molecule has 4 aromatic rings. The molecule has 2 aromatic heterocycles. The van der Waals surface area contributed by atoms with E-state index in [1.807, 2.05) is 42.5 Å². The molecule has 4 rings (SSSR count). The molecule has 0 unspecified atom stereocenters. The Hall–Kier alpha value is -3.80. The van der Waals surface area contributed by atoms with Crippen molar-refractivity contribution in [1.29, 1.82) is 0 Å². The van der Waals surface area contributed by atoms with E-state index in [-0.39, 0.29) is 18.0 Å². The first-order valence-corrected chi connectivity index (χ1v) is 8.75. The number of nitrogens with zero attached hydrogens (tertiary/aromatic N) is 1. The largest absolute Gasteiger partial charge is 0.497 e. The van der Waals surface area contributed by atoms with Crippen molar-refractivity contribution in [3.8, 4) is 5.75 Å². The van der Waals surface area contributed by atoms with Crippen molar-refractivity contribution in [1.82, 2.24) is 5.32 Å². The summed E-state index contributed by atoms with van der Waals surface area (Å²) in [5.41, 5.74) is 1.84. The van der Waals surface area contributed by atoms with E-state index in [2.05, 4.69) is 10.3 Å². The molecule has 6 heteroatoms. The lowest BCUT2D eigenvalue weighted by Crippen LogP contribution is -2.28. The average molecular weight is 374 g/mol. The molecule has 0 fully saturated rings. The highest BCUT2D eigenvalue weighted by molar-refractivity contribution is 5.96. The number of amides is 1. The fourth-order valence-electron chi connectivity index (χ4n) is 2.79. The van der Waals surface area contributed by atoms with Gasteiger partial charge in [-0.1, -0.05) is 24.3 Å². The van der Waals surface area contributed by atoms with E-state index in [9.17, 15) is 4.79 Å². The first kappa shape index (κ1) is 17.6. The molecule has 140 valence electrons. The van der Waals surface area contributed by atoms with Gasteiger partial charge >= 0.3 is 0 Å². The lowest BCUT2D eigenvalue weighted by Gasteiger charge is -2.06. The van der Waals surface area contributed by atoms with Crippen molar-refractivity contribution in [2.24, 2.45) is 4.99 Å². The second-order valence-corrected chi connectivity index (χ2v) is 6.08. The van der Waals surface area contributed by atoms with Crippen LogP contribution < -0.4 is 15.6 Å². The van der Waals surface area contributed by atoms with E-state index in [1.165, 1.54) is 0 Å². The van der Waals surface area contributed by atoms with Gasteiger partial charge in [-0.25, -0.2) is 4.99 Å². The standard InChI is InChI=1S/C22H18N2O4/c1-26-17-8-4-7-16(13-17)24-22-19(12-15-6-2-3-10-20(15)28-22)21(25)23-14-18-9-5-11-27-18/h2-13H,14H2,1H3,(H,23,25). The summed E-state index contributed by atoms with van der Waals surface area (Å²) in [7, 11) is 1.59. The molecule has 1 N–H and O–H groups in total. The molecule has 28 heavy (non-hydrogen) atoms. The van der Waals surface area contributed by atoms with Crippen molar-refractivity contribution >= 4 is 22.6 Å². The third-order valence-corrected chi connectivity index (χ3v) is 4.19. The molecule has 1 amide bonds. The minimum absolute atomic E-state index is 0.226. The number of nitrogens with one attached hydrogen (secondary N) is 1. The number of hydrogen-bond donors (Lipinski definition) is 1. The first-order chi connectivity index (χ1) is 13.7. The van der Waals surface area contributed by atoms with E-state index in [4.69, 9.17) is 13.6 Å². The monoisotopic (exact) mass is 374 g/mol. The van der Waals surface area contributed by atoms with Crippen molar-refractivity contribution in [3.63, 3.8) is 0 Å². The molecule has 2 heterocycles. The van der Waals surface area contributed by atoms with E-state index in [0.29, 0.717) is 28.3 Å². The summed E-state index contributed by atoms with van der Waals surface area (Å²) in [6.07, 6.45) is 1.57. The Morgan fingerprint density at radius 2 is 1.96 bits per heavy atom. The van der Waals surface area contributed by atoms with Crippen LogP contribution in [0.25, 0.3) is 11.0 Å². The Bertz CT molecular complexity index is 1180. The van der Waals surface area contributed by atoms with Gasteiger partial charge in [0.15, 0.2) is 0 Å². The SMILES string of the molecule is COc1cccc(N=c2oc3ccccc3cc2C(=O)NCc2ccco2)c1. The quantitative estimate of drug-likeness (QED) is 0.568. The summed E-state index contributed by atoms with van der Waals surface area (Å²) in [6, 6.07) is 20.1. The third kappa shape index (κ3) is 3.81. The number of para-hydroxylation sites is 1. The number of rotatable bonds is 5. The highest BCUT2D eigenvalue weighted by atomic mass is 16.5. The van der Waals surface area contributed by atoms with E-state index >= 15 is 0 Å². The molecule has 0 radical (unpaired) electrons. The normalized spacial score (nSPS) is 11.5. The van der Waals surface area contributed by atoms with Crippen LogP contribution in [0.2, 0.25) is 0 Å². The highest BCUT2D eigenvalue weighted by Gasteiger charge is 2.13. The van der Waals surface area contributed by atoms with Gasteiger partial charge in [-0.2, -0.15) is 0 Å². The van der Waals surface area contributed by atoms with Crippen molar-refractivity contribution in [2.75, 3.05) is 7.11 Å². The Morgan fingerprint density at radius 3 is 2.79 bits per heavy atom. The van der Waals surface area contributed by atoms with Crippen LogP contribution in [0.15, 0.2) is 86.8 Å². The molecule has 2 aromatic carbocycles. The molecule has 0 atom stereocenters. The molecular weight excluding hydrogens is 356 g/mol. The van der Waals surface area contributed by atoms with Crippen LogP contribution >= 0.6 is 0 Å². The van der Waals surface area contributed by atoms with E-state index in [1.54, 1.807) is 37.6 Å². The van der Waals surface area contributed by atoms with Gasteiger partial charge in [-0.3, -0.25) is 4.79 Å². The highest BCUT2D eigenvalue weighted by Crippen LogP contribution is 2.20. The minimum atomic E-state index is -0.299. The maximum atomic E-state index is 12.8. The zero-order chi connectivity index (χ0) is 19.3. The van der Waals surface area contributed by atoms with Crippen LogP contribution in [0, 0.1) is 0 Å². The smallest absolute Gasteiger partial charge is 0.257 e. The van der Waals surface area contributed by atoms with Gasteiger partial charge < -0.3 is 18.9 Å². The molecule has 0 aliphatic heterocycles. The molecule has 0 spiro atoms. The van der Waals surface area contributed by atoms with Crippen molar-refractivity contribution in [3.05, 3.63) is 89.9 Å². The fraction of sp³-hybridized carbons (Fsp3) is 0.0909. The van der Waals surface area contributed by atoms with Crippen LogP contribution in [0.1, 0.15) is 16.1 Å². The molecule has 0 bridgehead atoms. The first-order valence-electron chi connectivity index (χ1n) is 8.75. The Labute approximate surface area is 161 Å². The van der Waals surface area contributed by atoms with Crippen LogP contribution in [0.3, 0.4) is 0 Å². The van der Waals surface area contributed by atoms with Crippen LogP contribution in [-0.4, -0.2) is 13.0 Å². The van der Waals surface area contributed by atoms with Gasteiger partial charge in [0.1, 0.15) is 22.7 Å². The van der Waals surface area contributed by atoms with E-state index < -0.39 is 0 Å². The van der Waals surface area contributed by atoms with Crippen molar-refractivity contribution < 1.29 is 18.4 Å². The average Bonchev–Trinajstić information content (AvgIpc) is 3.25. The number of hydrogen-bond acceptors (Lipinski definition) is 5. The van der Waals surface area contributed by atoms with Gasteiger partial charge in [0, 0.05) is 11.5 Å². The summed E-state index contributed by atoms with van der Waals surface area (Å²) in [5.74, 6) is 1.04. The maximum absolute atomic E-state index is 12.8. The second-order valence-electron chi connectivity index (χ2n) is 6.08. The molecule has 0 saturated carbocycles. The minimum Gasteiger partial charge on any atom is -0.497 e. The van der Waals surface area contributed by atoms with Crippen LogP contribution in [0.5, 0.6) is 5.75 Å². The van der Waals surface area contributed by atoms with E-state index in [0.717, 1.165) is 5.39 Å². The third-order valence-electron chi connectivity index (χ3n) is 4.19. The fourth-order valence-corrected chi connectivity index (χ4v) is 2.79. The van der Waals surface area contributed by atoms with Gasteiger partial charge in [0.2, 0.25) is 5.55 Å². The molecule has 0 aliphatic carbocycles. The summed E-state index contributed by atoms with van der Waals surface area (Å²) in [5, 5.41) is 3.65. The Morgan fingerprint density at radius 1 is 1.07 bits per heavy atom. The van der Waals surface area contributed by atoms with Gasteiger partial charge in [-0.05, 0) is 36.4 Å². The topological polar surface area (TPSA) is 77.0 Å². The zero-order valence-electron chi connectivity index (χ0n) is 15.2. The van der Waals surface area contributed by atoms with Crippen LogP contribution in [-0.2, 0) is 6.54 Å². The van der Waals surface area contributed by atoms with Gasteiger partial charge in [-0.15, -0.1) is 0 Å². The number of carbonyl (C=O) groups is 1. The summed E-state index contributed by atoms with van der Waals surface area (Å²) in [4.78, 5) is 17.4. The Balaban J connectivity index is 1.77. The Kier molecular flexibility index (Phi) is 4.93. The van der Waals surface area contributed by atoms with Crippen molar-refractivity contribution in [2.45, 2.75) is 6.54 Å². The second kappa shape index (κ2) is 7.84. The number of fused-ring (bicyclic) bond motifs is 1. The van der Waals surface area contributed by atoms with Crippen LogP contribution in [0.4, 0.5) is 5.69 Å². The number of furan rings is 1. The number of ether oxygens (including phenoxy) is 1. The van der Waals surface area contributed by atoms with Gasteiger partial charge in [0.25, 0.3) is 5.91 Å². The summed E-state index contributed by atoms with van der Waals surface area (Å²) in [6.45, 7) is 0.275. The zero-order valence-corrected chi connectivity index (χ0v) is 15.2. The lowest BCUT2D eigenvalue weighted by atomic mass is 10.1. The summed E-state index contributed by atoms with van der Waals surface area (Å²) >= 11 is 0. The number of methoxy groups -OCH3 is 1. The molecular formula is C22H18N2O4. The lowest BCUT2D eigenvalue weighted by molar-refractivity contribution is 0.0944. The molecule has 0 saturated heterocycles. The number of benzene rings is 2. The molecule has 6 nitrogen and oxygen atoms in total. The predicted molar refractivity (Wildman–Crippen MR) is 104 cm³/mol. The number of carbonyl (C=O) groups excluding carboxylic acids is 1. The summed E-state index contributed by atoms with van der Waals surface area (Å²) < 4.78 is 16.4. The molecule has 0 aliphatic rings. The maximum Gasteiger partial charge on any atom is 0.257 e. The predicted octanol–water partition coefficient (Wildman–Crippen LogP) is 4.20.